The average Bonchev–Trinajstić information content (AvgIpc) is 3.06. The first-order valence-electron chi connectivity index (χ1n) is 11.2. The monoisotopic (exact) mass is 471 g/mol. The van der Waals surface area contributed by atoms with Gasteiger partial charge in [0.05, 0.1) is 16.1 Å². The van der Waals surface area contributed by atoms with Crippen molar-refractivity contribution in [3.63, 3.8) is 0 Å². The third kappa shape index (κ3) is 5.97. The molecule has 7 heteroatoms. The lowest BCUT2D eigenvalue weighted by atomic mass is 9.86. The molecule has 0 fully saturated rings. The summed E-state index contributed by atoms with van der Waals surface area (Å²) in [6.45, 7) is 15.9. The molecule has 178 valence electrons. The molecule has 0 saturated heterocycles. The largest absolute Gasteiger partial charge is 0.454 e. The summed E-state index contributed by atoms with van der Waals surface area (Å²) < 4.78 is 13.0. The number of carbonyl (C=O) groups is 1. The van der Waals surface area contributed by atoms with Crippen LogP contribution >= 0.6 is 11.6 Å². The summed E-state index contributed by atoms with van der Waals surface area (Å²) >= 11 is 6.58. The lowest BCUT2D eigenvalue weighted by molar-refractivity contribution is -0.162. The second kappa shape index (κ2) is 10.4. The molecule has 0 bridgehead atoms. The number of aryl methyl sites for hydroxylation is 2. The first-order chi connectivity index (χ1) is 15.4. The van der Waals surface area contributed by atoms with Gasteiger partial charge in [0.2, 0.25) is 6.79 Å². The van der Waals surface area contributed by atoms with E-state index in [0.717, 1.165) is 5.56 Å². The van der Waals surface area contributed by atoms with E-state index >= 15 is 0 Å². The third-order valence-corrected chi connectivity index (χ3v) is 6.23. The number of rotatable bonds is 8. The van der Waals surface area contributed by atoms with Gasteiger partial charge >= 0.3 is 5.97 Å². The van der Waals surface area contributed by atoms with E-state index in [1.165, 1.54) is 0 Å². The van der Waals surface area contributed by atoms with Crippen molar-refractivity contribution in [2.24, 2.45) is 5.41 Å². The zero-order valence-electron chi connectivity index (χ0n) is 20.9. The smallest absolute Gasteiger partial charge is 0.314 e. The highest BCUT2D eigenvalue weighted by Crippen LogP contribution is 2.34. The van der Waals surface area contributed by atoms with Crippen molar-refractivity contribution in [3.8, 4) is 6.07 Å². The van der Waals surface area contributed by atoms with E-state index in [4.69, 9.17) is 21.1 Å². The Bertz CT molecular complexity index is 1070. The molecule has 0 unspecified atom stereocenters. The molecule has 0 aliphatic carbocycles. The number of halogens is 1. The van der Waals surface area contributed by atoms with Gasteiger partial charge in [0.1, 0.15) is 17.3 Å². The van der Waals surface area contributed by atoms with Crippen LogP contribution in [0, 0.1) is 23.7 Å². The molecule has 33 heavy (non-hydrogen) atoms. The van der Waals surface area contributed by atoms with Crippen molar-refractivity contribution in [1.29, 1.82) is 5.26 Å². The molecule has 0 amide bonds. The third-order valence-electron chi connectivity index (χ3n) is 5.78. The highest BCUT2D eigenvalue weighted by Gasteiger charge is 2.28. The van der Waals surface area contributed by atoms with E-state index in [-0.39, 0.29) is 29.5 Å². The number of benzene rings is 1. The van der Waals surface area contributed by atoms with Crippen LogP contribution in [0.5, 0.6) is 0 Å². The summed E-state index contributed by atoms with van der Waals surface area (Å²) in [4.78, 5) is 12.4. The molecule has 0 spiro atoms. The summed E-state index contributed by atoms with van der Waals surface area (Å²) in [7, 11) is 0. The van der Waals surface area contributed by atoms with Crippen LogP contribution < -0.4 is 0 Å². The van der Waals surface area contributed by atoms with E-state index in [2.05, 4.69) is 31.9 Å². The van der Waals surface area contributed by atoms with Crippen molar-refractivity contribution < 1.29 is 14.3 Å². The lowest BCUT2D eigenvalue weighted by Gasteiger charge is -2.21. The quantitative estimate of drug-likeness (QED) is 0.190. The van der Waals surface area contributed by atoms with Crippen LogP contribution in [0.25, 0.3) is 11.3 Å². The van der Waals surface area contributed by atoms with Gasteiger partial charge < -0.3 is 9.47 Å². The van der Waals surface area contributed by atoms with Gasteiger partial charge in [-0.1, -0.05) is 63.6 Å². The van der Waals surface area contributed by atoms with Crippen LogP contribution in [0.4, 0.5) is 0 Å². The van der Waals surface area contributed by atoms with Crippen LogP contribution in [0.2, 0.25) is 5.02 Å². The van der Waals surface area contributed by atoms with Crippen LogP contribution in [0.3, 0.4) is 0 Å². The highest BCUT2D eigenvalue weighted by molar-refractivity contribution is 6.33. The molecule has 2 rings (SSSR count). The molecule has 6 nitrogen and oxygen atoms in total. The topological polar surface area (TPSA) is 77.1 Å². The Hall–Kier alpha value is -2.78. The molecule has 1 heterocycles. The minimum Gasteiger partial charge on any atom is -0.454 e. The molecule has 0 radical (unpaired) electrons. The van der Waals surface area contributed by atoms with Crippen LogP contribution in [-0.4, -0.2) is 22.5 Å². The summed E-state index contributed by atoms with van der Waals surface area (Å²) in [5.41, 5.74) is 2.58. The van der Waals surface area contributed by atoms with Gasteiger partial charge in [0, 0.05) is 6.54 Å². The molecule has 0 saturated carbocycles. The van der Waals surface area contributed by atoms with Crippen molar-refractivity contribution in [1.82, 2.24) is 9.78 Å². The molecule has 0 aliphatic rings. The standard InChI is InChI=1S/C26H34ClN3O3/c1-9-26(7,8)24(31)33-16-32-23(22-21(27)17(3)29-30(22)10-2)20(15-28)18-11-13-19(14-12-18)25(4,5)6/h11-14H,9-10,16H2,1-8H3/b23-20-. The predicted molar refractivity (Wildman–Crippen MR) is 131 cm³/mol. The first-order valence-corrected chi connectivity index (χ1v) is 11.5. The first kappa shape index (κ1) is 26.5. The Morgan fingerprint density at radius 1 is 1.12 bits per heavy atom. The number of ether oxygens (including phenoxy) is 2. The molecular formula is C26H34ClN3O3. The zero-order chi connectivity index (χ0) is 25.0. The minimum atomic E-state index is -0.631. The van der Waals surface area contributed by atoms with Gasteiger partial charge in [-0.05, 0) is 50.7 Å². The number of carbonyl (C=O) groups excluding carboxylic acids is 1. The highest BCUT2D eigenvalue weighted by atomic mass is 35.5. The second-order valence-electron chi connectivity index (χ2n) is 9.64. The summed E-state index contributed by atoms with van der Waals surface area (Å²) in [5, 5.41) is 15.0. The number of aromatic nitrogens is 2. The Kier molecular flexibility index (Phi) is 8.37. The number of hydrogen-bond acceptors (Lipinski definition) is 5. The fourth-order valence-electron chi connectivity index (χ4n) is 3.13. The Labute approximate surface area is 202 Å². The Morgan fingerprint density at radius 3 is 2.21 bits per heavy atom. The van der Waals surface area contributed by atoms with Gasteiger partial charge in [-0.2, -0.15) is 10.4 Å². The molecular weight excluding hydrogens is 438 g/mol. The predicted octanol–water partition coefficient (Wildman–Crippen LogP) is 6.51. The minimum absolute atomic E-state index is 0.0179. The molecule has 0 N–H and O–H groups in total. The number of nitriles is 1. The van der Waals surface area contributed by atoms with Gasteiger partial charge in [-0.3, -0.25) is 9.48 Å². The summed E-state index contributed by atoms with van der Waals surface area (Å²) in [6, 6.07) is 10.0. The van der Waals surface area contributed by atoms with Crippen molar-refractivity contribution in [2.45, 2.75) is 73.8 Å². The van der Waals surface area contributed by atoms with Crippen molar-refractivity contribution in [3.05, 3.63) is 51.8 Å². The Balaban J connectivity index is 2.57. The molecule has 2 aromatic rings. The van der Waals surface area contributed by atoms with Gasteiger partial charge in [-0.15, -0.1) is 0 Å². The maximum absolute atomic E-state index is 12.4. The van der Waals surface area contributed by atoms with E-state index in [9.17, 15) is 10.1 Å². The van der Waals surface area contributed by atoms with Crippen molar-refractivity contribution in [2.75, 3.05) is 6.79 Å². The number of hydrogen-bond donors (Lipinski definition) is 0. The zero-order valence-corrected chi connectivity index (χ0v) is 21.6. The van der Waals surface area contributed by atoms with Crippen LogP contribution in [0.1, 0.15) is 77.4 Å². The molecule has 1 aromatic heterocycles. The average molecular weight is 472 g/mol. The van der Waals surface area contributed by atoms with Crippen molar-refractivity contribution >= 4 is 28.9 Å². The van der Waals surface area contributed by atoms with Crippen LogP contribution in [-0.2, 0) is 26.2 Å². The number of allylic oxidation sites excluding steroid dienone is 1. The van der Waals surface area contributed by atoms with Gasteiger partial charge in [-0.25, -0.2) is 0 Å². The lowest BCUT2D eigenvalue weighted by Crippen LogP contribution is -2.26. The molecule has 0 aliphatic heterocycles. The maximum Gasteiger partial charge on any atom is 0.314 e. The summed E-state index contributed by atoms with van der Waals surface area (Å²) in [5.74, 6) is -0.140. The van der Waals surface area contributed by atoms with Gasteiger partial charge in [0.25, 0.3) is 0 Å². The van der Waals surface area contributed by atoms with Gasteiger partial charge in [0.15, 0.2) is 5.76 Å². The number of esters is 1. The number of nitrogens with zero attached hydrogens (tertiary/aromatic N) is 3. The fourth-order valence-corrected chi connectivity index (χ4v) is 3.35. The van der Waals surface area contributed by atoms with E-state index in [1.54, 1.807) is 11.6 Å². The molecule has 1 aromatic carbocycles. The maximum atomic E-state index is 12.4. The van der Waals surface area contributed by atoms with E-state index in [1.807, 2.05) is 52.0 Å². The summed E-state index contributed by atoms with van der Waals surface area (Å²) in [6.07, 6.45) is 0.631. The molecule has 0 atom stereocenters. The fraction of sp³-hybridized carbons (Fsp3) is 0.500. The van der Waals surface area contributed by atoms with E-state index < -0.39 is 5.41 Å². The van der Waals surface area contributed by atoms with Crippen LogP contribution in [0.15, 0.2) is 24.3 Å². The normalized spacial score (nSPS) is 12.7. The van der Waals surface area contributed by atoms with E-state index in [0.29, 0.717) is 34.9 Å². The SMILES string of the molecule is CCn1nc(C)c(Cl)c1/C(OCOC(=O)C(C)(C)CC)=C(\C#N)c1ccc(C(C)(C)C)cc1. The second-order valence-corrected chi connectivity index (χ2v) is 10.0. The Morgan fingerprint density at radius 2 is 1.73 bits per heavy atom.